The predicted molar refractivity (Wildman–Crippen MR) is 52.2 cm³/mol. The molecule has 0 radical (unpaired) electrons. The number of aliphatic hydroxyl groups is 1. The summed E-state index contributed by atoms with van der Waals surface area (Å²) in [6.45, 7) is 2.05. The van der Waals surface area contributed by atoms with Crippen LogP contribution in [0, 0.1) is 18.8 Å². The van der Waals surface area contributed by atoms with Gasteiger partial charge in [-0.25, -0.2) is 0 Å². The average Bonchev–Trinajstić information content (AvgIpc) is 2.84. The Balaban J connectivity index is 2.16. The standard InChI is InChI=1S/C12H12O/c1-10-2-4-11(5-3-10)6-7-12(13)8-9-12/h2-5,13H,8-9H2,1H3. The highest BCUT2D eigenvalue weighted by Gasteiger charge is 2.38. The molecule has 0 unspecified atom stereocenters. The Morgan fingerprint density at radius 3 is 2.38 bits per heavy atom. The van der Waals surface area contributed by atoms with E-state index in [4.69, 9.17) is 0 Å². The van der Waals surface area contributed by atoms with Crippen molar-refractivity contribution in [3.05, 3.63) is 35.4 Å². The summed E-state index contributed by atoms with van der Waals surface area (Å²) in [5, 5.41) is 9.47. The number of hydrogen-bond donors (Lipinski definition) is 1. The molecule has 0 aliphatic heterocycles. The molecule has 1 aliphatic carbocycles. The molecule has 0 spiro atoms. The number of rotatable bonds is 0. The van der Waals surface area contributed by atoms with Gasteiger partial charge in [0.1, 0.15) is 5.60 Å². The molecule has 1 nitrogen and oxygen atoms in total. The van der Waals surface area contributed by atoms with Crippen LogP contribution in [0.4, 0.5) is 0 Å². The van der Waals surface area contributed by atoms with Crippen LogP contribution in [0.3, 0.4) is 0 Å². The van der Waals surface area contributed by atoms with E-state index < -0.39 is 5.60 Å². The second-order valence-electron chi connectivity index (χ2n) is 3.65. The van der Waals surface area contributed by atoms with Crippen molar-refractivity contribution in [3.63, 3.8) is 0 Å². The van der Waals surface area contributed by atoms with Crippen LogP contribution in [-0.4, -0.2) is 10.7 Å². The minimum Gasteiger partial charge on any atom is -0.378 e. The zero-order chi connectivity index (χ0) is 9.31. The lowest BCUT2D eigenvalue weighted by Gasteiger charge is -1.94. The normalized spacial score (nSPS) is 17.4. The highest BCUT2D eigenvalue weighted by atomic mass is 16.3. The van der Waals surface area contributed by atoms with Gasteiger partial charge in [-0.2, -0.15) is 0 Å². The monoisotopic (exact) mass is 172 g/mol. The van der Waals surface area contributed by atoms with Crippen LogP contribution in [0.2, 0.25) is 0 Å². The molecular formula is C12H12O. The summed E-state index contributed by atoms with van der Waals surface area (Å²) in [6, 6.07) is 8.02. The van der Waals surface area contributed by atoms with Gasteiger partial charge in [-0.1, -0.05) is 29.5 Å². The van der Waals surface area contributed by atoms with Crippen molar-refractivity contribution in [3.8, 4) is 11.8 Å². The molecule has 1 N–H and O–H groups in total. The van der Waals surface area contributed by atoms with Gasteiger partial charge < -0.3 is 5.11 Å². The molecule has 1 heteroatoms. The first-order chi connectivity index (χ1) is 6.18. The van der Waals surface area contributed by atoms with Gasteiger partial charge in [-0.15, -0.1) is 0 Å². The summed E-state index contributed by atoms with van der Waals surface area (Å²) in [5.74, 6) is 5.85. The maximum absolute atomic E-state index is 9.47. The smallest absolute Gasteiger partial charge is 0.126 e. The molecule has 0 aromatic heterocycles. The molecule has 0 heterocycles. The zero-order valence-corrected chi connectivity index (χ0v) is 7.67. The number of hydrogen-bond acceptors (Lipinski definition) is 1. The topological polar surface area (TPSA) is 20.2 Å². The van der Waals surface area contributed by atoms with Crippen LogP contribution in [-0.2, 0) is 0 Å². The van der Waals surface area contributed by atoms with Gasteiger partial charge >= 0.3 is 0 Å². The third kappa shape index (κ3) is 2.11. The summed E-state index contributed by atoms with van der Waals surface area (Å²) in [6.07, 6.45) is 1.65. The lowest BCUT2D eigenvalue weighted by molar-refractivity contribution is 0.212. The Kier molecular flexibility index (Phi) is 1.86. The lowest BCUT2D eigenvalue weighted by atomic mass is 10.1. The Labute approximate surface area is 78.4 Å². The van der Waals surface area contributed by atoms with E-state index in [9.17, 15) is 5.11 Å². The van der Waals surface area contributed by atoms with Crippen molar-refractivity contribution >= 4 is 0 Å². The second kappa shape index (κ2) is 2.90. The van der Waals surface area contributed by atoms with Gasteiger partial charge in [0.05, 0.1) is 0 Å². The highest BCUT2D eigenvalue weighted by Crippen LogP contribution is 2.33. The first kappa shape index (κ1) is 8.34. The van der Waals surface area contributed by atoms with E-state index in [0.717, 1.165) is 18.4 Å². The molecule has 1 saturated carbocycles. The highest BCUT2D eigenvalue weighted by molar-refractivity contribution is 5.39. The molecule has 0 bridgehead atoms. The number of benzene rings is 1. The van der Waals surface area contributed by atoms with E-state index in [0.29, 0.717) is 0 Å². The molecule has 0 atom stereocenters. The third-order valence-corrected chi connectivity index (χ3v) is 2.21. The van der Waals surface area contributed by atoms with Crippen LogP contribution in [0.1, 0.15) is 24.0 Å². The summed E-state index contributed by atoms with van der Waals surface area (Å²) in [4.78, 5) is 0. The SMILES string of the molecule is Cc1ccc(C#CC2(O)CC2)cc1. The van der Waals surface area contributed by atoms with Gasteiger partial charge in [-0.05, 0) is 31.9 Å². The van der Waals surface area contributed by atoms with Crippen molar-refractivity contribution in [2.75, 3.05) is 0 Å². The van der Waals surface area contributed by atoms with Gasteiger partial charge in [0.25, 0.3) is 0 Å². The lowest BCUT2D eigenvalue weighted by Crippen LogP contribution is -2.00. The molecular weight excluding hydrogens is 160 g/mol. The van der Waals surface area contributed by atoms with Gasteiger partial charge in [0, 0.05) is 5.56 Å². The van der Waals surface area contributed by atoms with Gasteiger partial charge in [-0.3, -0.25) is 0 Å². The first-order valence-electron chi connectivity index (χ1n) is 4.50. The quantitative estimate of drug-likeness (QED) is 0.592. The van der Waals surface area contributed by atoms with Crippen molar-refractivity contribution in [2.24, 2.45) is 0 Å². The summed E-state index contributed by atoms with van der Waals surface area (Å²) in [7, 11) is 0. The Hall–Kier alpha value is -1.26. The minimum atomic E-state index is -0.662. The van der Waals surface area contributed by atoms with Gasteiger partial charge in [0.15, 0.2) is 0 Å². The summed E-state index contributed by atoms with van der Waals surface area (Å²) < 4.78 is 0. The maximum atomic E-state index is 9.47. The minimum absolute atomic E-state index is 0.662. The molecule has 1 fully saturated rings. The molecule has 0 saturated heterocycles. The Bertz CT molecular complexity index is 360. The molecule has 13 heavy (non-hydrogen) atoms. The van der Waals surface area contributed by atoms with Crippen molar-refractivity contribution in [1.29, 1.82) is 0 Å². The van der Waals surface area contributed by atoms with E-state index >= 15 is 0 Å². The Morgan fingerprint density at radius 2 is 1.85 bits per heavy atom. The van der Waals surface area contributed by atoms with Gasteiger partial charge in [0.2, 0.25) is 0 Å². The molecule has 1 aromatic rings. The average molecular weight is 172 g/mol. The van der Waals surface area contributed by atoms with Crippen molar-refractivity contribution in [2.45, 2.75) is 25.4 Å². The summed E-state index contributed by atoms with van der Waals surface area (Å²) in [5.41, 5.74) is 1.55. The molecule has 2 rings (SSSR count). The van der Waals surface area contributed by atoms with E-state index in [2.05, 4.69) is 11.8 Å². The van der Waals surface area contributed by atoms with Crippen LogP contribution in [0.15, 0.2) is 24.3 Å². The number of aryl methyl sites for hydroxylation is 1. The fourth-order valence-electron chi connectivity index (χ4n) is 1.07. The zero-order valence-electron chi connectivity index (χ0n) is 7.67. The largest absolute Gasteiger partial charge is 0.378 e. The predicted octanol–water partition coefficient (Wildman–Crippen LogP) is 1.87. The van der Waals surface area contributed by atoms with E-state index in [1.165, 1.54) is 5.56 Å². The van der Waals surface area contributed by atoms with Crippen LogP contribution >= 0.6 is 0 Å². The van der Waals surface area contributed by atoms with Crippen LogP contribution in [0.25, 0.3) is 0 Å². The van der Waals surface area contributed by atoms with Crippen LogP contribution in [0.5, 0.6) is 0 Å². The van der Waals surface area contributed by atoms with Crippen molar-refractivity contribution in [1.82, 2.24) is 0 Å². The molecule has 66 valence electrons. The molecule has 1 aromatic carbocycles. The molecule has 1 aliphatic rings. The first-order valence-corrected chi connectivity index (χ1v) is 4.50. The second-order valence-corrected chi connectivity index (χ2v) is 3.65. The van der Waals surface area contributed by atoms with E-state index in [-0.39, 0.29) is 0 Å². The fraction of sp³-hybridized carbons (Fsp3) is 0.333. The fourth-order valence-corrected chi connectivity index (χ4v) is 1.07. The van der Waals surface area contributed by atoms with Crippen LogP contribution < -0.4 is 0 Å². The van der Waals surface area contributed by atoms with E-state index in [1.54, 1.807) is 0 Å². The maximum Gasteiger partial charge on any atom is 0.126 e. The Morgan fingerprint density at radius 1 is 1.23 bits per heavy atom. The van der Waals surface area contributed by atoms with E-state index in [1.807, 2.05) is 31.2 Å². The summed E-state index contributed by atoms with van der Waals surface area (Å²) >= 11 is 0. The molecule has 0 amide bonds. The van der Waals surface area contributed by atoms with Crippen molar-refractivity contribution < 1.29 is 5.11 Å². The third-order valence-electron chi connectivity index (χ3n) is 2.21.